The lowest BCUT2D eigenvalue weighted by Crippen LogP contribution is -2.31. The molecule has 3 atom stereocenters. The molecule has 0 bridgehead atoms. The fourth-order valence-corrected chi connectivity index (χ4v) is 2.87. The van der Waals surface area contributed by atoms with Crippen molar-refractivity contribution in [1.82, 2.24) is 5.32 Å². The summed E-state index contributed by atoms with van der Waals surface area (Å²) in [7, 11) is 0. The van der Waals surface area contributed by atoms with Gasteiger partial charge in [-0.05, 0) is 23.3 Å². The molecule has 1 aliphatic carbocycles. The third kappa shape index (κ3) is 2.06. The SMILES string of the molecule is N#CC(NCc1ccccc1)C1C2COCC21. The van der Waals surface area contributed by atoms with Crippen LogP contribution in [0.15, 0.2) is 30.3 Å². The minimum Gasteiger partial charge on any atom is -0.381 e. The normalized spacial score (nSPS) is 31.6. The van der Waals surface area contributed by atoms with Gasteiger partial charge in [-0.2, -0.15) is 5.26 Å². The predicted molar refractivity (Wildman–Crippen MR) is 64.0 cm³/mol. The van der Waals surface area contributed by atoms with E-state index in [4.69, 9.17) is 4.74 Å². The second-order valence-electron chi connectivity index (χ2n) is 4.92. The van der Waals surface area contributed by atoms with E-state index >= 15 is 0 Å². The van der Waals surface area contributed by atoms with E-state index in [1.165, 1.54) is 5.56 Å². The maximum absolute atomic E-state index is 9.22. The van der Waals surface area contributed by atoms with Crippen LogP contribution in [-0.4, -0.2) is 19.3 Å². The van der Waals surface area contributed by atoms with Gasteiger partial charge in [-0.15, -0.1) is 0 Å². The Labute approximate surface area is 101 Å². The molecule has 1 saturated heterocycles. The molecule has 1 saturated carbocycles. The lowest BCUT2D eigenvalue weighted by Gasteiger charge is -2.13. The number of nitrogens with one attached hydrogen (secondary N) is 1. The molecule has 0 aromatic heterocycles. The number of ether oxygens (including phenoxy) is 1. The van der Waals surface area contributed by atoms with E-state index < -0.39 is 0 Å². The summed E-state index contributed by atoms with van der Waals surface area (Å²) in [6.45, 7) is 2.47. The van der Waals surface area contributed by atoms with Gasteiger partial charge in [0.15, 0.2) is 0 Å². The molecule has 0 spiro atoms. The van der Waals surface area contributed by atoms with E-state index in [1.54, 1.807) is 0 Å². The molecular formula is C14H16N2O. The Hall–Kier alpha value is -1.37. The number of hydrogen-bond acceptors (Lipinski definition) is 3. The third-order valence-corrected chi connectivity index (χ3v) is 3.91. The maximum Gasteiger partial charge on any atom is 0.0991 e. The van der Waals surface area contributed by atoms with Crippen LogP contribution in [0.3, 0.4) is 0 Å². The first-order valence-corrected chi connectivity index (χ1v) is 6.15. The molecule has 17 heavy (non-hydrogen) atoms. The van der Waals surface area contributed by atoms with Crippen LogP contribution in [0.5, 0.6) is 0 Å². The molecule has 2 aliphatic rings. The van der Waals surface area contributed by atoms with Crippen molar-refractivity contribution < 1.29 is 4.74 Å². The molecule has 1 heterocycles. The monoisotopic (exact) mass is 228 g/mol. The molecule has 3 nitrogen and oxygen atoms in total. The second-order valence-corrected chi connectivity index (χ2v) is 4.92. The maximum atomic E-state index is 9.22. The van der Waals surface area contributed by atoms with Crippen molar-refractivity contribution in [2.45, 2.75) is 12.6 Å². The van der Waals surface area contributed by atoms with Gasteiger partial charge >= 0.3 is 0 Å². The molecule has 88 valence electrons. The summed E-state index contributed by atoms with van der Waals surface area (Å²) in [5, 5.41) is 12.6. The highest BCUT2D eigenvalue weighted by Gasteiger charge is 2.57. The Bertz CT molecular complexity index is 416. The average molecular weight is 228 g/mol. The molecule has 3 unspecified atom stereocenters. The number of nitrogens with zero attached hydrogens (tertiary/aromatic N) is 1. The molecule has 0 amide bonds. The Balaban J connectivity index is 1.56. The highest BCUT2D eigenvalue weighted by molar-refractivity contribution is 5.17. The Morgan fingerprint density at radius 3 is 2.65 bits per heavy atom. The van der Waals surface area contributed by atoms with Gasteiger partial charge in [0.2, 0.25) is 0 Å². The fraction of sp³-hybridized carbons (Fsp3) is 0.500. The molecule has 1 aromatic carbocycles. The first-order valence-electron chi connectivity index (χ1n) is 6.15. The first-order chi connectivity index (χ1) is 8.40. The van der Waals surface area contributed by atoms with E-state index in [-0.39, 0.29) is 6.04 Å². The number of rotatable bonds is 4. The summed E-state index contributed by atoms with van der Waals surface area (Å²) in [5.41, 5.74) is 1.23. The average Bonchev–Trinajstić information content (AvgIpc) is 2.86. The minimum atomic E-state index is -0.0193. The van der Waals surface area contributed by atoms with Gasteiger partial charge in [0.1, 0.15) is 0 Å². The highest BCUT2D eigenvalue weighted by atomic mass is 16.5. The van der Waals surface area contributed by atoms with Crippen molar-refractivity contribution in [1.29, 1.82) is 5.26 Å². The summed E-state index contributed by atoms with van der Waals surface area (Å²) in [6, 6.07) is 12.6. The third-order valence-electron chi connectivity index (χ3n) is 3.91. The van der Waals surface area contributed by atoms with Gasteiger partial charge in [-0.25, -0.2) is 0 Å². The zero-order valence-electron chi connectivity index (χ0n) is 9.67. The molecule has 2 fully saturated rings. The van der Waals surface area contributed by atoms with Gasteiger partial charge in [-0.1, -0.05) is 30.3 Å². The van der Waals surface area contributed by atoms with Gasteiger partial charge < -0.3 is 4.74 Å². The molecular weight excluding hydrogens is 212 g/mol. The van der Waals surface area contributed by atoms with Crippen molar-refractivity contribution >= 4 is 0 Å². The lowest BCUT2D eigenvalue weighted by molar-refractivity contribution is 0.147. The van der Waals surface area contributed by atoms with Crippen molar-refractivity contribution in [2.24, 2.45) is 17.8 Å². The van der Waals surface area contributed by atoms with Gasteiger partial charge in [-0.3, -0.25) is 5.32 Å². The molecule has 3 rings (SSSR count). The summed E-state index contributed by atoms with van der Waals surface area (Å²) in [6.07, 6.45) is 0. The zero-order chi connectivity index (χ0) is 11.7. The van der Waals surface area contributed by atoms with Crippen molar-refractivity contribution in [3.05, 3.63) is 35.9 Å². The zero-order valence-corrected chi connectivity index (χ0v) is 9.67. The molecule has 1 aromatic rings. The predicted octanol–water partition coefficient (Wildman–Crippen LogP) is 1.56. The lowest BCUT2D eigenvalue weighted by atomic mass is 10.1. The Morgan fingerprint density at radius 1 is 1.29 bits per heavy atom. The summed E-state index contributed by atoms with van der Waals surface area (Å²) < 4.78 is 5.36. The van der Waals surface area contributed by atoms with Crippen LogP contribution in [0, 0.1) is 29.1 Å². The molecule has 0 radical (unpaired) electrons. The van der Waals surface area contributed by atoms with Crippen LogP contribution in [0.25, 0.3) is 0 Å². The second kappa shape index (κ2) is 4.48. The molecule has 3 heteroatoms. The number of benzene rings is 1. The van der Waals surface area contributed by atoms with Crippen molar-refractivity contribution in [3.8, 4) is 6.07 Å². The Kier molecular flexibility index (Phi) is 2.84. The first kappa shape index (κ1) is 10.8. The summed E-state index contributed by atoms with van der Waals surface area (Å²) in [4.78, 5) is 0. The van der Waals surface area contributed by atoms with Crippen LogP contribution in [0.4, 0.5) is 0 Å². The summed E-state index contributed by atoms with van der Waals surface area (Å²) >= 11 is 0. The van der Waals surface area contributed by atoms with E-state index in [1.807, 2.05) is 18.2 Å². The van der Waals surface area contributed by atoms with Crippen LogP contribution in [-0.2, 0) is 11.3 Å². The van der Waals surface area contributed by atoms with Crippen LogP contribution < -0.4 is 5.32 Å². The van der Waals surface area contributed by atoms with Gasteiger partial charge in [0.05, 0.1) is 25.3 Å². The quantitative estimate of drug-likeness (QED) is 0.850. The Morgan fingerprint density at radius 2 is 2.00 bits per heavy atom. The van der Waals surface area contributed by atoms with Crippen molar-refractivity contribution in [3.63, 3.8) is 0 Å². The van der Waals surface area contributed by atoms with Crippen molar-refractivity contribution in [2.75, 3.05) is 13.2 Å². The highest BCUT2D eigenvalue weighted by Crippen LogP contribution is 2.52. The van der Waals surface area contributed by atoms with Crippen LogP contribution in [0.2, 0.25) is 0 Å². The van der Waals surface area contributed by atoms with Crippen LogP contribution in [0.1, 0.15) is 5.56 Å². The number of nitriles is 1. The van der Waals surface area contributed by atoms with Gasteiger partial charge in [0.25, 0.3) is 0 Å². The van der Waals surface area contributed by atoms with Gasteiger partial charge in [0, 0.05) is 6.54 Å². The summed E-state index contributed by atoms with van der Waals surface area (Å²) in [5.74, 6) is 1.77. The van der Waals surface area contributed by atoms with E-state index in [0.717, 1.165) is 19.8 Å². The van der Waals surface area contributed by atoms with E-state index in [2.05, 4.69) is 23.5 Å². The van der Waals surface area contributed by atoms with E-state index in [0.29, 0.717) is 17.8 Å². The molecule has 1 N–H and O–H groups in total. The minimum absolute atomic E-state index is 0.0193. The molecule has 1 aliphatic heterocycles. The smallest absolute Gasteiger partial charge is 0.0991 e. The topological polar surface area (TPSA) is 45.0 Å². The number of fused-ring (bicyclic) bond motifs is 1. The standard InChI is InChI=1S/C14H16N2O/c15-6-13(14-11-8-17-9-12(11)14)16-7-10-4-2-1-3-5-10/h1-5,11-14,16H,7-9H2. The fourth-order valence-electron chi connectivity index (χ4n) is 2.87. The number of hydrogen-bond donors (Lipinski definition) is 1. The largest absolute Gasteiger partial charge is 0.381 e. The van der Waals surface area contributed by atoms with Crippen LogP contribution >= 0.6 is 0 Å². The van der Waals surface area contributed by atoms with E-state index in [9.17, 15) is 5.26 Å².